The van der Waals surface area contributed by atoms with Gasteiger partial charge < -0.3 is 14.9 Å². The van der Waals surface area contributed by atoms with Crippen molar-refractivity contribution in [1.29, 1.82) is 0 Å². The molecule has 354 valence electrons. The third-order valence-electron chi connectivity index (χ3n) is 9.35. The van der Waals surface area contributed by atoms with Crippen LogP contribution in [0.4, 0.5) is 13.2 Å². The molecule has 8 aromatic rings. The maximum Gasteiger partial charge on any atom is 0.161 e. The molecule has 1 aliphatic carbocycles. The van der Waals surface area contributed by atoms with Gasteiger partial charge in [-0.2, -0.15) is 11.3 Å². The summed E-state index contributed by atoms with van der Waals surface area (Å²) in [4.78, 5) is 5.27. The minimum atomic E-state index is -0.530. The Labute approximate surface area is 409 Å². The average Bonchev–Trinajstić information content (AvgIpc) is 4.06. The smallest absolute Gasteiger partial charge is 0.161 e. The van der Waals surface area contributed by atoms with Crippen molar-refractivity contribution in [3.8, 4) is 17.2 Å². The Hall–Kier alpha value is -6.13. The van der Waals surface area contributed by atoms with E-state index in [0.29, 0.717) is 29.2 Å². The molecule has 4 nitrogen and oxygen atoms in total. The molecule has 0 bridgehead atoms. The number of benzene rings is 5. The Morgan fingerprint density at radius 2 is 1.34 bits per heavy atom. The van der Waals surface area contributed by atoms with E-state index in [4.69, 9.17) is 21.4 Å². The molecule has 3 aromatic heterocycles. The highest BCUT2D eigenvalue weighted by molar-refractivity contribution is 7.09. The van der Waals surface area contributed by atoms with Crippen molar-refractivity contribution < 1.29 is 28.1 Å². The van der Waals surface area contributed by atoms with Crippen LogP contribution < -0.4 is 4.74 Å². The molecule has 0 atom stereocenters. The number of aromatic nitrogens is 1. The van der Waals surface area contributed by atoms with E-state index in [1.807, 2.05) is 70.3 Å². The molecular weight excluding hydrogens is 903 g/mol. The summed E-state index contributed by atoms with van der Waals surface area (Å²) in [5.74, 6) is -0.234. The number of phenols is 2. The van der Waals surface area contributed by atoms with Crippen LogP contribution in [0.15, 0.2) is 168 Å². The number of hydrogen-bond donors (Lipinski definition) is 2. The Morgan fingerprint density at radius 3 is 1.79 bits per heavy atom. The Kier molecular flexibility index (Phi) is 27.0. The average molecular weight is 967 g/mol. The minimum Gasteiger partial charge on any atom is -0.508 e. The van der Waals surface area contributed by atoms with E-state index in [0.717, 1.165) is 23.6 Å². The van der Waals surface area contributed by atoms with Gasteiger partial charge in [0.05, 0.1) is 11.6 Å². The summed E-state index contributed by atoms with van der Waals surface area (Å²) in [7, 11) is 0. The number of hydrogen-bond acceptors (Lipinski definition) is 6. The summed E-state index contributed by atoms with van der Waals surface area (Å²) in [6.45, 7) is 20.3. The van der Waals surface area contributed by atoms with Gasteiger partial charge in [-0.1, -0.05) is 90.0 Å². The molecule has 0 fully saturated rings. The normalized spacial score (nSPS) is 10.3. The van der Waals surface area contributed by atoms with E-state index >= 15 is 0 Å². The first kappa shape index (κ1) is 57.0. The van der Waals surface area contributed by atoms with E-state index in [9.17, 15) is 18.3 Å². The summed E-state index contributed by atoms with van der Waals surface area (Å²) < 4.78 is 42.2. The van der Waals surface area contributed by atoms with Gasteiger partial charge in [0.25, 0.3) is 0 Å². The standard InChI is InChI=1S/C11H12.C9H12O2.C7H6ClF.C7H6F2.C7H8O.C6H7N.2C5H6S/c1-8-7-10-5-3-4-6-11(10)9(8)2;1-3-11-9-6-7(2)4-5-8(9)10;1-5-3-2-4-6(8)7(5)9;1-5-2-3-6(8)4-7(5)9;1-6-3-2-4-7(8)5-6;1-6-3-2-4-7-5-6;1-5-2-3-6-4-5;1-5-3-2-4-6-5/h3-6H,7H2,1-2H3;4-6,10H,3H2,1-2H3;2*2-4H,1H3;2-5,8H,1H3;2-5H,1H3;2*2-4H,1H3. The molecule has 9 rings (SSSR count). The highest BCUT2D eigenvalue weighted by atomic mass is 35.5. The zero-order valence-corrected chi connectivity index (χ0v) is 42.5. The number of nitrogens with zero attached hydrogens (tertiary/aromatic N) is 1. The summed E-state index contributed by atoms with van der Waals surface area (Å²) in [6, 6.07) is 39.8. The molecule has 0 aliphatic heterocycles. The zero-order valence-electron chi connectivity index (χ0n) is 40.1. The fraction of sp³-hybridized carbons (Fsp3) is 0.211. The molecule has 2 N–H and O–H groups in total. The van der Waals surface area contributed by atoms with Gasteiger partial charge in [-0.05, 0) is 196 Å². The van der Waals surface area contributed by atoms with E-state index in [1.54, 1.807) is 73.0 Å². The topological polar surface area (TPSA) is 62.6 Å². The number of thiophene rings is 2. The lowest BCUT2D eigenvalue weighted by atomic mass is 10.1. The van der Waals surface area contributed by atoms with E-state index in [1.165, 1.54) is 56.5 Å². The molecular formula is C57H63ClF3NO3S2. The molecule has 0 radical (unpaired) electrons. The van der Waals surface area contributed by atoms with Crippen molar-refractivity contribution in [1.82, 2.24) is 4.98 Å². The maximum atomic E-state index is 12.6. The van der Waals surface area contributed by atoms with Crippen LogP contribution in [0, 0.1) is 65.9 Å². The van der Waals surface area contributed by atoms with Crippen molar-refractivity contribution in [3.05, 3.63) is 239 Å². The number of phenolic OH excluding ortho intramolecular Hbond substituents is 2. The lowest BCUT2D eigenvalue weighted by Crippen LogP contribution is -1.91. The molecule has 0 saturated carbocycles. The number of halogens is 4. The molecule has 0 amide bonds. The predicted molar refractivity (Wildman–Crippen MR) is 280 cm³/mol. The molecule has 0 unspecified atom stereocenters. The molecule has 10 heteroatoms. The quantitative estimate of drug-likeness (QED) is 0.181. The van der Waals surface area contributed by atoms with Crippen LogP contribution in [-0.2, 0) is 6.42 Å². The second kappa shape index (κ2) is 31.7. The summed E-state index contributed by atoms with van der Waals surface area (Å²) in [5, 5.41) is 24.5. The third-order valence-corrected chi connectivity index (χ3v) is 11.2. The predicted octanol–water partition coefficient (Wildman–Crippen LogP) is 17.4. The first-order valence-electron chi connectivity index (χ1n) is 21.5. The molecule has 5 aromatic carbocycles. The lowest BCUT2D eigenvalue weighted by molar-refractivity contribution is 0.318. The van der Waals surface area contributed by atoms with Gasteiger partial charge in [-0.3, -0.25) is 4.98 Å². The van der Waals surface area contributed by atoms with Gasteiger partial charge >= 0.3 is 0 Å². The largest absolute Gasteiger partial charge is 0.508 e. The number of allylic oxidation sites excluding steroid dienone is 2. The second-order valence-electron chi connectivity index (χ2n) is 15.3. The van der Waals surface area contributed by atoms with Crippen molar-refractivity contribution in [2.75, 3.05) is 6.61 Å². The monoisotopic (exact) mass is 965 g/mol. The molecule has 0 spiro atoms. The Balaban J connectivity index is 0.000000265. The first-order valence-corrected chi connectivity index (χ1v) is 23.7. The fourth-order valence-electron chi connectivity index (χ4n) is 5.53. The Bertz CT molecular complexity index is 2560. The number of aromatic hydroxyl groups is 2. The zero-order chi connectivity index (χ0) is 49.7. The molecule has 67 heavy (non-hydrogen) atoms. The van der Waals surface area contributed by atoms with Gasteiger partial charge in [0.1, 0.15) is 23.2 Å². The summed E-state index contributed by atoms with van der Waals surface area (Å²) >= 11 is 8.96. The van der Waals surface area contributed by atoms with Crippen LogP contribution >= 0.6 is 34.3 Å². The number of aryl methyl sites for hydroxylation is 7. The van der Waals surface area contributed by atoms with Gasteiger partial charge in [-0.15, -0.1) is 11.3 Å². The number of pyridine rings is 1. The van der Waals surface area contributed by atoms with Crippen molar-refractivity contribution in [3.63, 3.8) is 0 Å². The van der Waals surface area contributed by atoms with Crippen LogP contribution in [0.2, 0.25) is 5.02 Å². The van der Waals surface area contributed by atoms with Crippen LogP contribution in [0.3, 0.4) is 0 Å². The van der Waals surface area contributed by atoms with Crippen LogP contribution in [-0.4, -0.2) is 21.8 Å². The highest BCUT2D eigenvalue weighted by Gasteiger charge is 2.13. The number of rotatable bonds is 2. The van der Waals surface area contributed by atoms with Crippen LogP contribution in [0.25, 0.3) is 5.57 Å². The van der Waals surface area contributed by atoms with Gasteiger partial charge in [0.15, 0.2) is 11.5 Å². The van der Waals surface area contributed by atoms with E-state index in [2.05, 4.69) is 91.3 Å². The van der Waals surface area contributed by atoms with Crippen LogP contribution in [0.1, 0.15) is 70.2 Å². The van der Waals surface area contributed by atoms with Crippen molar-refractivity contribution in [2.24, 2.45) is 0 Å². The Morgan fingerprint density at radius 1 is 0.642 bits per heavy atom. The van der Waals surface area contributed by atoms with E-state index < -0.39 is 11.6 Å². The molecule has 0 saturated heterocycles. The number of fused-ring (bicyclic) bond motifs is 1. The van der Waals surface area contributed by atoms with Crippen LogP contribution in [0.5, 0.6) is 17.2 Å². The number of ether oxygens (including phenoxy) is 1. The van der Waals surface area contributed by atoms with Crippen molar-refractivity contribution >= 4 is 39.8 Å². The second-order valence-corrected chi connectivity index (χ2v) is 17.6. The lowest BCUT2D eigenvalue weighted by Gasteiger charge is -2.05. The molecule has 3 heterocycles. The fourth-order valence-corrected chi connectivity index (χ4v) is 6.94. The van der Waals surface area contributed by atoms with Gasteiger partial charge in [0, 0.05) is 23.3 Å². The first-order chi connectivity index (χ1) is 31.9. The minimum absolute atomic E-state index is 0.190. The SMILES string of the molecule is CC1=C(C)c2ccccc2C1.CCOc1cc(C)ccc1O.Cc1ccc(F)cc1F.Cc1cccc(Cl)c1F.Cc1cccc(O)c1.Cc1cccnc1.Cc1cccs1.Cc1ccsc1. The van der Waals surface area contributed by atoms with Gasteiger partial charge in [-0.25, -0.2) is 13.2 Å². The van der Waals surface area contributed by atoms with Crippen molar-refractivity contribution in [2.45, 2.75) is 75.7 Å². The van der Waals surface area contributed by atoms with Gasteiger partial charge in [0.2, 0.25) is 0 Å². The maximum absolute atomic E-state index is 12.6. The molecule has 1 aliphatic rings. The summed E-state index contributed by atoms with van der Waals surface area (Å²) in [6.07, 6.45) is 4.76. The third kappa shape index (κ3) is 23.8. The van der Waals surface area contributed by atoms with E-state index in [-0.39, 0.29) is 16.6 Å². The summed E-state index contributed by atoms with van der Waals surface area (Å²) in [5.41, 5.74) is 11.7. The highest BCUT2D eigenvalue weighted by Crippen LogP contribution is 2.31.